The molecule has 1 unspecified atom stereocenters. The topological polar surface area (TPSA) is 35.5 Å². The van der Waals surface area contributed by atoms with E-state index in [1.54, 1.807) is 13.8 Å². The molecule has 0 saturated carbocycles. The third kappa shape index (κ3) is 4.70. The van der Waals surface area contributed by atoms with Gasteiger partial charge in [-0.3, -0.25) is 4.57 Å². The van der Waals surface area contributed by atoms with Crippen molar-refractivity contribution in [1.82, 2.24) is 0 Å². The molecule has 0 aliphatic heterocycles. The molecule has 0 aromatic carbocycles. The Morgan fingerprint density at radius 1 is 1.42 bits per heavy atom. The monoisotopic (exact) mass is 192 g/mol. The molecule has 0 radical (unpaired) electrons. The van der Waals surface area contributed by atoms with Crippen LogP contribution in [0.3, 0.4) is 0 Å². The predicted octanol–water partition coefficient (Wildman–Crippen LogP) is 2.83. The van der Waals surface area contributed by atoms with Crippen LogP contribution in [0.5, 0.6) is 0 Å². The van der Waals surface area contributed by atoms with Crippen LogP contribution in [0.2, 0.25) is 0 Å². The molecule has 0 rings (SSSR count). The second-order valence-electron chi connectivity index (χ2n) is 2.58. The Morgan fingerprint density at radius 3 is 2.33 bits per heavy atom. The zero-order chi connectivity index (χ0) is 9.61. The summed E-state index contributed by atoms with van der Waals surface area (Å²) in [5.41, 5.74) is 0.850. The van der Waals surface area contributed by atoms with Gasteiger partial charge in [-0.1, -0.05) is 19.1 Å². The van der Waals surface area contributed by atoms with Gasteiger partial charge in [0, 0.05) is 6.16 Å². The molecule has 0 bridgehead atoms. The fourth-order valence-corrected chi connectivity index (χ4v) is 1.88. The van der Waals surface area contributed by atoms with Crippen molar-refractivity contribution in [2.45, 2.75) is 20.8 Å². The fourth-order valence-electron chi connectivity index (χ4n) is 0.625. The molecule has 0 aromatic rings. The summed E-state index contributed by atoms with van der Waals surface area (Å²) < 4.78 is 21.7. The average Bonchev–Trinajstić information content (AvgIpc) is 2.02. The highest BCUT2D eigenvalue weighted by Gasteiger charge is 2.20. The Labute approximate surface area is 74.3 Å². The Bertz CT molecular complexity index is 189. The SMILES string of the molecule is C=C(C)COP(=O)(CC)OCC. The van der Waals surface area contributed by atoms with Gasteiger partial charge in [-0.05, 0) is 13.8 Å². The number of rotatable bonds is 6. The van der Waals surface area contributed by atoms with E-state index in [0.29, 0.717) is 19.4 Å². The smallest absolute Gasteiger partial charge is 0.309 e. The van der Waals surface area contributed by atoms with Crippen LogP contribution < -0.4 is 0 Å². The van der Waals surface area contributed by atoms with Crippen LogP contribution in [0.25, 0.3) is 0 Å². The van der Waals surface area contributed by atoms with E-state index in [1.807, 2.05) is 6.92 Å². The van der Waals surface area contributed by atoms with E-state index in [4.69, 9.17) is 9.05 Å². The molecule has 72 valence electrons. The minimum Gasteiger partial charge on any atom is -0.309 e. The molecule has 0 N–H and O–H groups in total. The van der Waals surface area contributed by atoms with Crippen molar-refractivity contribution in [2.75, 3.05) is 19.4 Å². The first-order chi connectivity index (χ1) is 5.54. The Morgan fingerprint density at radius 2 is 2.00 bits per heavy atom. The normalized spacial score (nSPS) is 15.6. The van der Waals surface area contributed by atoms with E-state index in [0.717, 1.165) is 5.57 Å². The van der Waals surface area contributed by atoms with Gasteiger partial charge in [-0.25, -0.2) is 0 Å². The molecule has 0 saturated heterocycles. The van der Waals surface area contributed by atoms with Gasteiger partial charge in [-0.2, -0.15) is 0 Å². The first kappa shape index (κ1) is 11.9. The minimum absolute atomic E-state index is 0.311. The molecule has 1 atom stereocenters. The molecular weight excluding hydrogens is 175 g/mol. The second-order valence-corrected chi connectivity index (χ2v) is 4.95. The van der Waals surface area contributed by atoms with Gasteiger partial charge in [0.2, 0.25) is 0 Å². The maximum Gasteiger partial charge on any atom is 0.330 e. The zero-order valence-corrected chi connectivity index (χ0v) is 8.89. The summed E-state index contributed by atoms with van der Waals surface area (Å²) >= 11 is 0. The molecule has 3 nitrogen and oxygen atoms in total. The molecule has 0 amide bonds. The summed E-state index contributed by atoms with van der Waals surface area (Å²) in [5.74, 6) is 0. The Balaban J connectivity index is 3.96. The van der Waals surface area contributed by atoms with E-state index in [1.165, 1.54) is 0 Å². The third-order valence-electron chi connectivity index (χ3n) is 1.22. The molecular formula is C8H17O3P. The van der Waals surface area contributed by atoms with Gasteiger partial charge in [0.1, 0.15) is 0 Å². The van der Waals surface area contributed by atoms with Crippen molar-refractivity contribution in [3.05, 3.63) is 12.2 Å². The summed E-state index contributed by atoms with van der Waals surface area (Å²) in [6.07, 6.45) is 0.411. The van der Waals surface area contributed by atoms with Crippen molar-refractivity contribution in [2.24, 2.45) is 0 Å². The van der Waals surface area contributed by atoms with Crippen molar-refractivity contribution >= 4 is 7.60 Å². The van der Waals surface area contributed by atoms with Crippen LogP contribution in [0, 0.1) is 0 Å². The lowest BCUT2D eigenvalue weighted by molar-refractivity contribution is 0.226. The van der Waals surface area contributed by atoms with E-state index in [-0.39, 0.29) is 0 Å². The number of hydrogen-bond acceptors (Lipinski definition) is 3. The van der Waals surface area contributed by atoms with Crippen LogP contribution in [0.15, 0.2) is 12.2 Å². The van der Waals surface area contributed by atoms with Gasteiger partial charge in [-0.15, -0.1) is 0 Å². The molecule has 0 fully saturated rings. The van der Waals surface area contributed by atoms with Gasteiger partial charge in [0.15, 0.2) is 0 Å². The van der Waals surface area contributed by atoms with Gasteiger partial charge in [0.05, 0.1) is 13.2 Å². The fraction of sp³-hybridized carbons (Fsp3) is 0.750. The summed E-state index contributed by atoms with van der Waals surface area (Å²) in [5, 5.41) is 0. The van der Waals surface area contributed by atoms with Crippen LogP contribution in [0.4, 0.5) is 0 Å². The summed E-state index contributed by atoms with van der Waals surface area (Å²) in [6, 6.07) is 0. The van der Waals surface area contributed by atoms with Crippen molar-refractivity contribution in [1.29, 1.82) is 0 Å². The molecule has 12 heavy (non-hydrogen) atoms. The summed E-state index contributed by atoms with van der Waals surface area (Å²) in [6.45, 7) is 9.79. The van der Waals surface area contributed by atoms with Crippen LogP contribution in [-0.4, -0.2) is 19.4 Å². The lowest BCUT2D eigenvalue weighted by Gasteiger charge is -2.15. The first-order valence-corrected chi connectivity index (χ1v) is 5.79. The molecule has 0 spiro atoms. The third-order valence-corrected chi connectivity index (χ3v) is 3.17. The van der Waals surface area contributed by atoms with Gasteiger partial charge < -0.3 is 9.05 Å². The Kier molecular flexibility index (Phi) is 5.47. The highest BCUT2D eigenvalue weighted by molar-refractivity contribution is 7.53. The van der Waals surface area contributed by atoms with E-state index >= 15 is 0 Å². The van der Waals surface area contributed by atoms with E-state index in [2.05, 4.69) is 6.58 Å². The maximum atomic E-state index is 11.6. The van der Waals surface area contributed by atoms with Crippen molar-refractivity contribution in [3.63, 3.8) is 0 Å². The standard InChI is InChI=1S/C8H17O3P/c1-5-10-12(9,6-2)11-7-8(3)4/h3,5-7H2,1-2,4H3. The average molecular weight is 192 g/mol. The van der Waals surface area contributed by atoms with Crippen molar-refractivity contribution < 1.29 is 13.6 Å². The summed E-state index contributed by atoms with van der Waals surface area (Å²) in [7, 11) is -2.81. The van der Waals surface area contributed by atoms with Gasteiger partial charge in [0.25, 0.3) is 0 Å². The van der Waals surface area contributed by atoms with E-state index in [9.17, 15) is 4.57 Å². The lowest BCUT2D eigenvalue weighted by atomic mass is 10.4. The highest BCUT2D eigenvalue weighted by Crippen LogP contribution is 2.47. The van der Waals surface area contributed by atoms with Crippen LogP contribution in [-0.2, 0) is 13.6 Å². The molecule has 0 aliphatic rings. The lowest BCUT2D eigenvalue weighted by Crippen LogP contribution is -1.99. The Hall–Kier alpha value is -0.110. The van der Waals surface area contributed by atoms with Crippen LogP contribution >= 0.6 is 7.60 Å². The van der Waals surface area contributed by atoms with E-state index < -0.39 is 7.60 Å². The van der Waals surface area contributed by atoms with Crippen molar-refractivity contribution in [3.8, 4) is 0 Å². The van der Waals surface area contributed by atoms with Crippen LogP contribution in [0.1, 0.15) is 20.8 Å². The maximum absolute atomic E-state index is 11.6. The number of hydrogen-bond donors (Lipinski definition) is 0. The molecule has 4 heteroatoms. The molecule has 0 aliphatic carbocycles. The quantitative estimate of drug-likeness (QED) is 0.479. The first-order valence-electron chi connectivity index (χ1n) is 4.06. The molecule has 0 aromatic heterocycles. The summed E-state index contributed by atoms with van der Waals surface area (Å²) in [4.78, 5) is 0. The van der Waals surface area contributed by atoms with Gasteiger partial charge >= 0.3 is 7.60 Å². The minimum atomic E-state index is -2.81. The highest BCUT2D eigenvalue weighted by atomic mass is 31.2. The zero-order valence-electron chi connectivity index (χ0n) is 8.00. The second kappa shape index (κ2) is 5.52. The largest absolute Gasteiger partial charge is 0.330 e. The predicted molar refractivity (Wildman–Crippen MR) is 50.5 cm³/mol. The molecule has 0 heterocycles.